The van der Waals surface area contributed by atoms with Gasteiger partial charge in [0.1, 0.15) is 16.3 Å². The molecule has 0 spiro atoms. The van der Waals surface area contributed by atoms with E-state index in [1.54, 1.807) is 0 Å². The highest BCUT2D eigenvalue weighted by Gasteiger charge is 2.22. The summed E-state index contributed by atoms with van der Waals surface area (Å²) < 4.78 is 10.8. The van der Waals surface area contributed by atoms with Crippen molar-refractivity contribution in [3.8, 4) is 16.9 Å². The fraction of sp³-hybridized carbons (Fsp3) is 0.379. The van der Waals surface area contributed by atoms with Crippen LogP contribution < -0.4 is 10.1 Å². The molecule has 1 N–H and O–H groups in total. The first-order chi connectivity index (χ1) is 16.8. The molecule has 1 amide bonds. The maximum atomic E-state index is 12.6. The van der Waals surface area contributed by atoms with Crippen molar-refractivity contribution < 1.29 is 19.1 Å². The van der Waals surface area contributed by atoms with Crippen molar-refractivity contribution in [1.29, 1.82) is 0 Å². The van der Waals surface area contributed by atoms with Crippen LogP contribution in [0.5, 0.6) is 5.75 Å². The highest BCUT2D eigenvalue weighted by Crippen LogP contribution is 2.36. The normalized spacial score (nSPS) is 11.2. The first-order valence-corrected chi connectivity index (χ1v) is 13.0. The van der Waals surface area contributed by atoms with E-state index in [-0.39, 0.29) is 11.3 Å². The number of nitrogens with one attached hydrogen (secondary N) is 1. The SMILES string of the molecule is CCc1ccc(-c2csc(NC(=O)CCCOc3ccc(C(C)(C)CC)cc3)c2C(=O)OC)cc1. The number of esters is 1. The fourth-order valence-corrected chi connectivity index (χ4v) is 4.68. The third-order valence-electron chi connectivity index (χ3n) is 6.44. The van der Waals surface area contributed by atoms with Crippen LogP contribution >= 0.6 is 11.3 Å². The summed E-state index contributed by atoms with van der Waals surface area (Å²) in [5, 5.41) is 5.28. The molecule has 2 aromatic carbocycles. The number of rotatable bonds is 11. The zero-order chi connectivity index (χ0) is 25.4. The van der Waals surface area contributed by atoms with Gasteiger partial charge in [0.25, 0.3) is 0 Å². The number of hydrogen-bond acceptors (Lipinski definition) is 5. The lowest BCUT2D eigenvalue weighted by atomic mass is 9.82. The van der Waals surface area contributed by atoms with Crippen molar-refractivity contribution in [2.45, 2.75) is 58.8 Å². The number of ether oxygens (including phenoxy) is 2. The number of carbonyl (C=O) groups excluding carboxylic acids is 2. The first kappa shape index (κ1) is 26.5. The van der Waals surface area contributed by atoms with Gasteiger partial charge in [-0.25, -0.2) is 4.79 Å². The lowest BCUT2D eigenvalue weighted by Crippen LogP contribution is -2.15. The van der Waals surface area contributed by atoms with Crippen molar-refractivity contribution in [3.05, 3.63) is 70.6 Å². The van der Waals surface area contributed by atoms with Gasteiger partial charge in [0.2, 0.25) is 5.91 Å². The van der Waals surface area contributed by atoms with Crippen molar-refractivity contribution in [3.63, 3.8) is 0 Å². The van der Waals surface area contributed by atoms with Gasteiger partial charge in [0.05, 0.1) is 13.7 Å². The molecule has 0 radical (unpaired) electrons. The summed E-state index contributed by atoms with van der Waals surface area (Å²) in [6.07, 6.45) is 2.87. The Labute approximate surface area is 212 Å². The molecular weight excluding hydrogens is 458 g/mol. The molecule has 0 saturated carbocycles. The van der Waals surface area contributed by atoms with Crippen LogP contribution in [0.15, 0.2) is 53.9 Å². The number of hydrogen-bond donors (Lipinski definition) is 1. The number of anilines is 1. The number of aryl methyl sites for hydroxylation is 1. The molecule has 0 atom stereocenters. The van der Waals surface area contributed by atoms with Gasteiger partial charge in [-0.3, -0.25) is 4.79 Å². The largest absolute Gasteiger partial charge is 0.494 e. The monoisotopic (exact) mass is 493 g/mol. The molecule has 0 aliphatic carbocycles. The number of carbonyl (C=O) groups is 2. The zero-order valence-electron chi connectivity index (χ0n) is 21.3. The smallest absolute Gasteiger partial charge is 0.341 e. The molecule has 0 saturated heterocycles. The van der Waals surface area contributed by atoms with E-state index in [2.05, 4.69) is 45.1 Å². The second kappa shape index (κ2) is 12.0. The van der Waals surface area contributed by atoms with E-state index in [4.69, 9.17) is 9.47 Å². The number of amides is 1. The predicted molar refractivity (Wildman–Crippen MR) is 144 cm³/mol. The molecule has 0 unspecified atom stereocenters. The molecule has 0 fully saturated rings. The van der Waals surface area contributed by atoms with Crippen molar-refractivity contribution >= 4 is 28.2 Å². The second-order valence-electron chi connectivity index (χ2n) is 9.16. The molecule has 186 valence electrons. The van der Waals surface area contributed by atoms with E-state index >= 15 is 0 Å². The number of thiophene rings is 1. The van der Waals surface area contributed by atoms with Crippen molar-refractivity contribution in [2.75, 3.05) is 19.0 Å². The summed E-state index contributed by atoms with van der Waals surface area (Å²) in [4.78, 5) is 25.1. The molecule has 6 heteroatoms. The van der Waals surface area contributed by atoms with Gasteiger partial charge in [-0.2, -0.15) is 0 Å². The predicted octanol–water partition coefficient (Wildman–Crippen LogP) is 7.25. The molecule has 0 aliphatic heterocycles. The molecular formula is C29H35NO4S. The van der Waals surface area contributed by atoms with Crippen LogP contribution in [0.25, 0.3) is 11.1 Å². The van der Waals surface area contributed by atoms with Gasteiger partial charge in [-0.1, -0.05) is 64.1 Å². The van der Waals surface area contributed by atoms with Crippen molar-refractivity contribution in [1.82, 2.24) is 0 Å². The average molecular weight is 494 g/mol. The summed E-state index contributed by atoms with van der Waals surface area (Å²) in [6, 6.07) is 16.2. The Hall–Kier alpha value is -3.12. The quantitative estimate of drug-likeness (QED) is 0.226. The van der Waals surface area contributed by atoms with E-state index < -0.39 is 5.97 Å². The van der Waals surface area contributed by atoms with E-state index in [9.17, 15) is 9.59 Å². The maximum Gasteiger partial charge on any atom is 0.341 e. The Bertz CT molecular complexity index is 1130. The molecule has 0 aliphatic rings. The van der Waals surface area contributed by atoms with Gasteiger partial charge < -0.3 is 14.8 Å². The minimum atomic E-state index is -0.464. The van der Waals surface area contributed by atoms with E-state index in [0.29, 0.717) is 30.0 Å². The zero-order valence-corrected chi connectivity index (χ0v) is 22.1. The Morgan fingerprint density at radius 3 is 2.29 bits per heavy atom. The summed E-state index contributed by atoms with van der Waals surface area (Å²) in [5.41, 5.74) is 4.71. The Balaban J connectivity index is 1.57. The lowest BCUT2D eigenvalue weighted by Gasteiger charge is -2.23. The molecule has 35 heavy (non-hydrogen) atoms. The molecule has 1 aromatic heterocycles. The van der Waals surface area contributed by atoms with E-state index in [1.165, 1.54) is 29.6 Å². The Morgan fingerprint density at radius 1 is 1.00 bits per heavy atom. The van der Waals surface area contributed by atoms with Gasteiger partial charge in [0, 0.05) is 17.4 Å². The van der Waals surface area contributed by atoms with Gasteiger partial charge >= 0.3 is 5.97 Å². The van der Waals surface area contributed by atoms with Gasteiger partial charge in [-0.05, 0) is 53.5 Å². The third kappa shape index (κ3) is 6.73. The standard InChI is InChI=1S/C29H35NO4S/c1-6-20-10-12-21(13-11-20)24-19-35-27(26(24)28(32)33-5)30-25(31)9-8-18-34-23-16-14-22(15-17-23)29(3,4)7-2/h10-17,19H,6-9,18H2,1-5H3,(H,30,31). The Kier molecular flexibility index (Phi) is 9.10. The van der Waals surface area contributed by atoms with Crippen molar-refractivity contribution in [2.24, 2.45) is 0 Å². The highest BCUT2D eigenvalue weighted by atomic mass is 32.1. The fourth-order valence-electron chi connectivity index (χ4n) is 3.71. The van der Waals surface area contributed by atoms with Crippen LogP contribution in [0.4, 0.5) is 5.00 Å². The maximum absolute atomic E-state index is 12.6. The van der Waals surface area contributed by atoms with Gasteiger partial charge in [-0.15, -0.1) is 11.3 Å². The summed E-state index contributed by atoms with van der Waals surface area (Å²) in [5.74, 6) is 0.175. The number of benzene rings is 2. The number of methoxy groups -OCH3 is 1. The molecule has 3 rings (SSSR count). The third-order valence-corrected chi connectivity index (χ3v) is 7.34. The summed E-state index contributed by atoms with van der Waals surface area (Å²) in [6.45, 7) is 9.18. The first-order valence-electron chi connectivity index (χ1n) is 12.1. The Morgan fingerprint density at radius 2 is 1.69 bits per heavy atom. The van der Waals surface area contributed by atoms with Crippen LogP contribution in [0.3, 0.4) is 0 Å². The molecule has 1 heterocycles. The van der Waals surface area contributed by atoms with Crippen LogP contribution in [-0.2, 0) is 21.4 Å². The summed E-state index contributed by atoms with van der Waals surface area (Å²) in [7, 11) is 1.35. The minimum Gasteiger partial charge on any atom is -0.494 e. The average Bonchev–Trinajstić information content (AvgIpc) is 3.29. The minimum absolute atomic E-state index is 0.139. The van der Waals surface area contributed by atoms with Crippen LogP contribution in [0, 0.1) is 0 Å². The molecule has 5 nitrogen and oxygen atoms in total. The van der Waals surface area contributed by atoms with Crippen LogP contribution in [-0.4, -0.2) is 25.6 Å². The molecule has 0 bridgehead atoms. The van der Waals surface area contributed by atoms with Gasteiger partial charge in [0.15, 0.2) is 0 Å². The topological polar surface area (TPSA) is 64.6 Å². The molecule has 3 aromatic rings. The van der Waals surface area contributed by atoms with Crippen LogP contribution in [0.2, 0.25) is 0 Å². The summed E-state index contributed by atoms with van der Waals surface area (Å²) >= 11 is 1.33. The van der Waals surface area contributed by atoms with E-state index in [1.807, 2.05) is 41.8 Å². The second-order valence-corrected chi connectivity index (χ2v) is 10.0. The highest BCUT2D eigenvalue weighted by molar-refractivity contribution is 7.15. The van der Waals surface area contributed by atoms with E-state index in [0.717, 1.165) is 29.7 Å². The lowest BCUT2D eigenvalue weighted by molar-refractivity contribution is -0.116. The van der Waals surface area contributed by atoms with Crippen LogP contribution in [0.1, 0.15) is 68.4 Å².